The molecule has 35 heavy (non-hydrogen) atoms. The summed E-state index contributed by atoms with van der Waals surface area (Å²) in [6, 6.07) is 6.55. The predicted octanol–water partition coefficient (Wildman–Crippen LogP) is 5.36. The largest absolute Gasteiger partial charge is 0.498 e. The monoisotopic (exact) mass is 490 g/mol. The van der Waals surface area contributed by atoms with Crippen LogP contribution >= 0.6 is 0 Å². The van der Waals surface area contributed by atoms with Crippen molar-refractivity contribution in [3.8, 4) is 5.75 Å². The van der Waals surface area contributed by atoms with Gasteiger partial charge in [-0.15, -0.1) is 0 Å². The summed E-state index contributed by atoms with van der Waals surface area (Å²) in [5, 5.41) is 2.45. The van der Waals surface area contributed by atoms with Crippen LogP contribution in [0.4, 0.5) is 19.0 Å². The Kier molecular flexibility index (Phi) is 6.90. The van der Waals surface area contributed by atoms with Gasteiger partial charge in [-0.1, -0.05) is 12.5 Å². The number of rotatable bonds is 5. The number of benzene rings is 1. The number of nitrogens with one attached hydrogen (secondary N) is 1. The highest BCUT2D eigenvalue weighted by Gasteiger charge is 2.52. The van der Waals surface area contributed by atoms with E-state index in [9.17, 15) is 18.0 Å². The maximum atomic E-state index is 13.0. The lowest BCUT2D eigenvalue weighted by Gasteiger charge is -2.32. The third-order valence-corrected chi connectivity index (χ3v) is 6.96. The number of nitrogens with zero attached hydrogens (tertiary/aromatic N) is 1. The Bertz CT molecular complexity index is 1070. The van der Waals surface area contributed by atoms with Gasteiger partial charge in [0.15, 0.2) is 0 Å². The average molecular weight is 490 g/mol. The fraction of sp³-hybridized carbons (Fsp3) is 0.520. The maximum absolute atomic E-state index is 13.0. The molecule has 1 saturated heterocycles. The standard InChI is InChI=1S/C25H30BF3N2O4/c1-23(2)24(3,4)35-26(34-23)19-11-10-16(14-20(19)33-18-8-6-5-7-9-18)22(32)31-21-15-17(12-13-30-21)25(27,28)29/h10-15,18H,5-9H2,1-4H3,(H,30,31,32). The van der Waals surface area contributed by atoms with Crippen LogP contribution in [0.15, 0.2) is 36.5 Å². The molecule has 1 aliphatic carbocycles. The molecule has 1 aromatic heterocycles. The fourth-order valence-corrected chi connectivity index (χ4v) is 4.17. The van der Waals surface area contributed by atoms with E-state index in [4.69, 9.17) is 14.0 Å². The number of amides is 1. The Hall–Kier alpha value is -2.59. The molecule has 1 saturated carbocycles. The number of hydrogen-bond acceptors (Lipinski definition) is 5. The molecule has 2 heterocycles. The summed E-state index contributed by atoms with van der Waals surface area (Å²) in [4.78, 5) is 16.8. The molecular weight excluding hydrogens is 460 g/mol. The van der Waals surface area contributed by atoms with Crippen LogP contribution in [0, 0.1) is 0 Å². The minimum absolute atomic E-state index is 0.00775. The van der Waals surface area contributed by atoms with Crippen molar-refractivity contribution in [2.75, 3.05) is 5.32 Å². The minimum Gasteiger partial charge on any atom is -0.491 e. The van der Waals surface area contributed by atoms with Crippen LogP contribution in [0.3, 0.4) is 0 Å². The lowest BCUT2D eigenvalue weighted by atomic mass is 9.77. The molecule has 6 nitrogen and oxygen atoms in total. The SMILES string of the molecule is CC1(C)OB(c2ccc(C(=O)Nc3cc(C(F)(F)F)ccn3)cc2OC2CCCCC2)OC1(C)C. The number of aromatic nitrogens is 1. The molecule has 2 aliphatic rings. The first-order chi connectivity index (χ1) is 16.4. The zero-order valence-electron chi connectivity index (χ0n) is 20.4. The maximum Gasteiger partial charge on any atom is 0.498 e. The highest BCUT2D eigenvalue weighted by molar-refractivity contribution is 6.63. The van der Waals surface area contributed by atoms with Gasteiger partial charge in [-0.3, -0.25) is 4.79 Å². The van der Waals surface area contributed by atoms with Crippen LogP contribution in [0.1, 0.15) is 75.7 Å². The van der Waals surface area contributed by atoms with E-state index in [0.717, 1.165) is 50.4 Å². The number of alkyl halides is 3. The zero-order valence-corrected chi connectivity index (χ0v) is 20.4. The third-order valence-electron chi connectivity index (χ3n) is 6.96. The van der Waals surface area contributed by atoms with Gasteiger partial charge in [-0.2, -0.15) is 13.2 Å². The first-order valence-corrected chi connectivity index (χ1v) is 11.9. The van der Waals surface area contributed by atoms with E-state index in [-0.39, 0.29) is 17.5 Å². The number of halogens is 3. The van der Waals surface area contributed by atoms with E-state index in [1.54, 1.807) is 18.2 Å². The van der Waals surface area contributed by atoms with Gasteiger partial charge in [0.05, 0.1) is 22.9 Å². The van der Waals surface area contributed by atoms with Crippen molar-refractivity contribution in [2.24, 2.45) is 0 Å². The molecule has 1 N–H and O–H groups in total. The van der Waals surface area contributed by atoms with Gasteiger partial charge in [0.1, 0.15) is 11.6 Å². The quantitative estimate of drug-likeness (QED) is 0.572. The highest BCUT2D eigenvalue weighted by Crippen LogP contribution is 2.37. The van der Waals surface area contributed by atoms with Crippen molar-refractivity contribution < 1.29 is 32.0 Å². The van der Waals surface area contributed by atoms with Gasteiger partial charge < -0.3 is 19.4 Å². The molecule has 1 aromatic carbocycles. The predicted molar refractivity (Wildman–Crippen MR) is 127 cm³/mol. The number of pyridine rings is 1. The van der Waals surface area contributed by atoms with Crippen LogP contribution in [0.5, 0.6) is 5.75 Å². The van der Waals surface area contributed by atoms with Crippen LogP contribution in [-0.2, 0) is 15.5 Å². The molecule has 0 unspecified atom stereocenters. The van der Waals surface area contributed by atoms with E-state index >= 15 is 0 Å². The lowest BCUT2D eigenvalue weighted by Crippen LogP contribution is -2.41. The van der Waals surface area contributed by atoms with Crippen molar-refractivity contribution in [2.45, 2.75) is 83.3 Å². The van der Waals surface area contributed by atoms with Crippen molar-refractivity contribution in [3.05, 3.63) is 47.7 Å². The number of hydrogen-bond donors (Lipinski definition) is 1. The Balaban J connectivity index is 1.61. The van der Waals surface area contributed by atoms with Gasteiger partial charge >= 0.3 is 13.3 Å². The van der Waals surface area contributed by atoms with Gasteiger partial charge in [0.2, 0.25) is 0 Å². The number of carbonyl (C=O) groups is 1. The summed E-state index contributed by atoms with van der Waals surface area (Å²) in [5.41, 5.74) is -1.09. The molecule has 2 aromatic rings. The van der Waals surface area contributed by atoms with E-state index in [1.807, 2.05) is 27.7 Å². The molecule has 0 spiro atoms. The highest BCUT2D eigenvalue weighted by atomic mass is 19.4. The van der Waals surface area contributed by atoms with Crippen molar-refractivity contribution in [3.63, 3.8) is 0 Å². The molecule has 1 amide bonds. The fourth-order valence-electron chi connectivity index (χ4n) is 4.17. The molecule has 0 atom stereocenters. The van der Waals surface area contributed by atoms with Gasteiger partial charge in [-0.05, 0) is 77.6 Å². The van der Waals surface area contributed by atoms with E-state index in [1.165, 1.54) is 0 Å². The zero-order chi connectivity index (χ0) is 25.4. The summed E-state index contributed by atoms with van der Waals surface area (Å²) >= 11 is 0. The first kappa shape index (κ1) is 25.5. The number of ether oxygens (including phenoxy) is 1. The molecule has 0 radical (unpaired) electrons. The Morgan fingerprint density at radius 1 is 1.06 bits per heavy atom. The van der Waals surface area contributed by atoms with Gasteiger partial charge in [-0.25, -0.2) is 4.98 Å². The third kappa shape index (κ3) is 5.64. The van der Waals surface area contributed by atoms with Crippen LogP contribution in [0.25, 0.3) is 0 Å². The van der Waals surface area contributed by atoms with Crippen LogP contribution in [-0.4, -0.2) is 35.3 Å². The molecule has 0 bridgehead atoms. The molecular formula is C25H30BF3N2O4. The molecule has 2 fully saturated rings. The van der Waals surface area contributed by atoms with E-state index in [2.05, 4.69) is 10.3 Å². The summed E-state index contributed by atoms with van der Waals surface area (Å²) in [5.74, 6) is -0.305. The average Bonchev–Trinajstić information content (AvgIpc) is 3.00. The Morgan fingerprint density at radius 2 is 1.71 bits per heavy atom. The molecule has 188 valence electrons. The van der Waals surface area contributed by atoms with E-state index < -0.39 is 36.0 Å². The van der Waals surface area contributed by atoms with Crippen LogP contribution in [0.2, 0.25) is 0 Å². The van der Waals surface area contributed by atoms with Crippen molar-refractivity contribution >= 4 is 24.3 Å². The van der Waals surface area contributed by atoms with Crippen molar-refractivity contribution in [1.82, 2.24) is 4.98 Å². The van der Waals surface area contributed by atoms with Gasteiger partial charge in [0, 0.05) is 17.2 Å². The molecule has 10 heteroatoms. The Labute approximate surface area is 203 Å². The smallest absolute Gasteiger partial charge is 0.491 e. The topological polar surface area (TPSA) is 69.7 Å². The minimum atomic E-state index is -4.53. The molecule has 1 aliphatic heterocycles. The summed E-state index contributed by atoms with van der Waals surface area (Å²) in [7, 11) is -0.680. The van der Waals surface area contributed by atoms with E-state index in [0.29, 0.717) is 11.2 Å². The number of carbonyl (C=O) groups excluding carboxylic acids is 1. The normalized spacial score (nSPS) is 20.0. The number of anilines is 1. The summed E-state index contributed by atoms with van der Waals surface area (Å²) in [6.45, 7) is 7.83. The first-order valence-electron chi connectivity index (χ1n) is 11.9. The second-order valence-electron chi connectivity index (χ2n) is 10.1. The van der Waals surface area contributed by atoms with Crippen molar-refractivity contribution in [1.29, 1.82) is 0 Å². The summed E-state index contributed by atoms with van der Waals surface area (Å²) < 4.78 is 57.8. The lowest BCUT2D eigenvalue weighted by molar-refractivity contribution is -0.137. The summed E-state index contributed by atoms with van der Waals surface area (Å²) in [6.07, 6.45) is 1.60. The molecule has 4 rings (SSSR count). The van der Waals surface area contributed by atoms with Crippen LogP contribution < -0.4 is 15.5 Å². The Morgan fingerprint density at radius 3 is 2.34 bits per heavy atom. The second-order valence-corrected chi connectivity index (χ2v) is 10.1. The van der Waals surface area contributed by atoms with Gasteiger partial charge in [0.25, 0.3) is 5.91 Å². The second kappa shape index (κ2) is 9.46.